The summed E-state index contributed by atoms with van der Waals surface area (Å²) in [6.07, 6.45) is 4.58. The van der Waals surface area contributed by atoms with Crippen LogP contribution in [0.15, 0.2) is 91.3 Å². The summed E-state index contributed by atoms with van der Waals surface area (Å²) in [5.74, 6) is 0.679. The SMILES string of the molecule is NC(=O)c1cccc(Nc2ncc(-c3ccccc3)cn2)c1[C@@H]1C[C@@H]1c1ccccc1. The maximum absolute atomic E-state index is 12.2. The molecule has 152 valence electrons. The van der Waals surface area contributed by atoms with Crippen molar-refractivity contribution >= 4 is 17.5 Å². The second-order valence-corrected chi connectivity index (χ2v) is 7.78. The number of benzene rings is 3. The molecule has 0 bridgehead atoms. The molecule has 1 aromatic heterocycles. The molecule has 0 unspecified atom stereocenters. The molecular weight excluding hydrogens is 384 g/mol. The lowest BCUT2D eigenvalue weighted by molar-refractivity contribution is 0.0999. The van der Waals surface area contributed by atoms with Gasteiger partial charge in [0, 0.05) is 29.2 Å². The molecule has 1 fully saturated rings. The van der Waals surface area contributed by atoms with Crippen molar-refractivity contribution < 1.29 is 4.79 Å². The summed E-state index contributed by atoms with van der Waals surface area (Å²) in [6.45, 7) is 0. The Morgan fingerprint density at radius 2 is 1.48 bits per heavy atom. The van der Waals surface area contributed by atoms with E-state index in [2.05, 4.69) is 27.4 Å². The molecule has 1 saturated carbocycles. The van der Waals surface area contributed by atoms with Crippen LogP contribution in [-0.2, 0) is 0 Å². The number of amides is 1. The fourth-order valence-corrected chi connectivity index (χ4v) is 4.16. The molecule has 0 radical (unpaired) electrons. The summed E-state index contributed by atoms with van der Waals surface area (Å²) in [4.78, 5) is 21.1. The summed E-state index contributed by atoms with van der Waals surface area (Å²) in [7, 11) is 0. The Bertz CT molecular complexity index is 1210. The van der Waals surface area contributed by atoms with Crippen molar-refractivity contribution in [2.75, 3.05) is 5.32 Å². The van der Waals surface area contributed by atoms with E-state index in [1.165, 1.54) is 5.56 Å². The Labute approximate surface area is 181 Å². The molecular formula is C26H22N4O. The summed E-state index contributed by atoms with van der Waals surface area (Å²) in [5, 5.41) is 3.31. The van der Waals surface area contributed by atoms with Crippen LogP contribution in [0, 0.1) is 0 Å². The van der Waals surface area contributed by atoms with Gasteiger partial charge in [-0.15, -0.1) is 0 Å². The molecule has 31 heavy (non-hydrogen) atoms. The third-order valence-electron chi connectivity index (χ3n) is 5.77. The average molecular weight is 406 g/mol. The van der Waals surface area contributed by atoms with Gasteiger partial charge in [-0.05, 0) is 47.1 Å². The Hall–Kier alpha value is -3.99. The summed E-state index contributed by atoms with van der Waals surface area (Å²) < 4.78 is 0. The van der Waals surface area contributed by atoms with Crippen LogP contribution in [0.2, 0.25) is 0 Å². The third kappa shape index (κ3) is 3.90. The van der Waals surface area contributed by atoms with Crippen LogP contribution < -0.4 is 11.1 Å². The van der Waals surface area contributed by atoms with Crippen molar-refractivity contribution in [3.8, 4) is 11.1 Å². The van der Waals surface area contributed by atoms with Crippen LogP contribution >= 0.6 is 0 Å². The minimum Gasteiger partial charge on any atom is -0.366 e. The Kier molecular flexibility index (Phi) is 4.92. The van der Waals surface area contributed by atoms with Gasteiger partial charge >= 0.3 is 0 Å². The number of nitrogens with two attached hydrogens (primary N) is 1. The Morgan fingerprint density at radius 1 is 0.806 bits per heavy atom. The van der Waals surface area contributed by atoms with E-state index in [1.807, 2.05) is 60.7 Å². The van der Waals surface area contributed by atoms with Crippen LogP contribution in [-0.4, -0.2) is 15.9 Å². The topological polar surface area (TPSA) is 80.9 Å². The molecule has 5 nitrogen and oxygen atoms in total. The van der Waals surface area contributed by atoms with Crippen molar-refractivity contribution in [3.63, 3.8) is 0 Å². The molecule has 3 N–H and O–H groups in total. The maximum atomic E-state index is 12.2. The maximum Gasteiger partial charge on any atom is 0.249 e. The first-order valence-corrected chi connectivity index (χ1v) is 10.3. The lowest BCUT2D eigenvalue weighted by Gasteiger charge is -2.14. The number of hydrogen-bond donors (Lipinski definition) is 2. The van der Waals surface area contributed by atoms with Gasteiger partial charge in [0.05, 0.1) is 0 Å². The van der Waals surface area contributed by atoms with Gasteiger partial charge in [0.25, 0.3) is 0 Å². The standard InChI is InChI=1S/C26H22N4O/c27-25(31)20-12-7-13-23(24(20)22-14-21(22)18-10-5-2-6-11-18)30-26-28-15-19(16-29-26)17-8-3-1-4-9-17/h1-13,15-16,21-22H,14H2,(H2,27,31)(H,28,29,30)/t21-,22-/m1/s1. The number of carbonyl (C=O) groups is 1. The van der Waals surface area contributed by atoms with Crippen molar-refractivity contribution in [2.45, 2.75) is 18.3 Å². The van der Waals surface area contributed by atoms with Gasteiger partial charge in [0.1, 0.15) is 0 Å². The first-order chi connectivity index (χ1) is 15.2. The van der Waals surface area contributed by atoms with E-state index in [4.69, 9.17) is 5.73 Å². The zero-order valence-corrected chi connectivity index (χ0v) is 16.9. The number of anilines is 2. The largest absolute Gasteiger partial charge is 0.366 e. The number of hydrogen-bond acceptors (Lipinski definition) is 4. The number of rotatable bonds is 6. The van der Waals surface area contributed by atoms with Gasteiger partial charge in [-0.1, -0.05) is 66.7 Å². The van der Waals surface area contributed by atoms with Gasteiger partial charge in [0.2, 0.25) is 11.9 Å². The predicted molar refractivity (Wildman–Crippen MR) is 122 cm³/mol. The van der Waals surface area contributed by atoms with Crippen molar-refractivity contribution in [1.29, 1.82) is 0 Å². The highest BCUT2D eigenvalue weighted by Gasteiger charge is 2.42. The Balaban J connectivity index is 1.45. The molecule has 4 aromatic rings. The smallest absolute Gasteiger partial charge is 0.249 e. The first-order valence-electron chi connectivity index (χ1n) is 10.3. The lowest BCUT2D eigenvalue weighted by Crippen LogP contribution is -2.15. The van der Waals surface area contributed by atoms with Crippen molar-refractivity contribution in [2.24, 2.45) is 5.73 Å². The predicted octanol–water partition coefficient (Wildman–Crippen LogP) is 5.26. The second kappa shape index (κ2) is 8.03. The van der Waals surface area contributed by atoms with Gasteiger partial charge in [-0.3, -0.25) is 4.79 Å². The molecule has 0 saturated heterocycles. The van der Waals surface area contributed by atoms with E-state index < -0.39 is 5.91 Å². The number of nitrogens with one attached hydrogen (secondary N) is 1. The van der Waals surface area contributed by atoms with Gasteiger partial charge in [-0.25, -0.2) is 9.97 Å². The zero-order chi connectivity index (χ0) is 21.2. The number of nitrogens with zero attached hydrogens (tertiary/aromatic N) is 2. The van der Waals surface area contributed by atoms with Crippen LogP contribution in [0.25, 0.3) is 11.1 Å². The van der Waals surface area contributed by atoms with Crippen LogP contribution in [0.5, 0.6) is 0 Å². The quantitative estimate of drug-likeness (QED) is 0.458. The molecule has 1 aliphatic rings. The zero-order valence-electron chi connectivity index (χ0n) is 16.9. The molecule has 1 aliphatic carbocycles. The van der Waals surface area contributed by atoms with E-state index in [0.29, 0.717) is 17.4 Å². The van der Waals surface area contributed by atoms with E-state index in [-0.39, 0.29) is 5.92 Å². The lowest BCUT2D eigenvalue weighted by atomic mass is 9.97. The molecule has 1 heterocycles. The van der Waals surface area contributed by atoms with Crippen LogP contribution in [0.4, 0.5) is 11.6 Å². The summed E-state index contributed by atoms with van der Waals surface area (Å²) in [5.41, 5.74) is 11.3. The molecule has 2 atom stereocenters. The molecule has 5 heteroatoms. The molecule has 0 aliphatic heterocycles. The molecule has 3 aromatic carbocycles. The monoisotopic (exact) mass is 406 g/mol. The van der Waals surface area contributed by atoms with E-state index in [1.54, 1.807) is 18.5 Å². The highest BCUT2D eigenvalue weighted by molar-refractivity contribution is 5.96. The normalized spacial score (nSPS) is 17.2. The number of carbonyl (C=O) groups excluding carboxylic acids is 1. The average Bonchev–Trinajstić information content (AvgIpc) is 3.61. The molecule has 5 rings (SSSR count). The van der Waals surface area contributed by atoms with E-state index in [0.717, 1.165) is 28.8 Å². The minimum atomic E-state index is -0.419. The van der Waals surface area contributed by atoms with Gasteiger partial charge in [-0.2, -0.15) is 0 Å². The highest BCUT2D eigenvalue weighted by Crippen LogP contribution is 2.57. The minimum absolute atomic E-state index is 0.234. The summed E-state index contributed by atoms with van der Waals surface area (Å²) in [6, 6.07) is 26.0. The second-order valence-electron chi connectivity index (χ2n) is 7.78. The number of primary amides is 1. The first kappa shape index (κ1) is 19.0. The third-order valence-corrected chi connectivity index (χ3v) is 5.77. The van der Waals surface area contributed by atoms with Crippen LogP contribution in [0.3, 0.4) is 0 Å². The van der Waals surface area contributed by atoms with Crippen LogP contribution in [0.1, 0.15) is 39.7 Å². The van der Waals surface area contributed by atoms with Crippen molar-refractivity contribution in [3.05, 3.63) is 108 Å². The fourth-order valence-electron chi connectivity index (χ4n) is 4.16. The fraction of sp³-hybridized carbons (Fsp3) is 0.115. The Morgan fingerprint density at radius 3 is 2.16 bits per heavy atom. The number of aromatic nitrogens is 2. The van der Waals surface area contributed by atoms with E-state index in [9.17, 15) is 4.79 Å². The van der Waals surface area contributed by atoms with Crippen molar-refractivity contribution in [1.82, 2.24) is 9.97 Å². The molecule has 1 amide bonds. The van der Waals surface area contributed by atoms with Gasteiger partial charge < -0.3 is 11.1 Å². The highest BCUT2D eigenvalue weighted by atomic mass is 16.1. The van der Waals surface area contributed by atoms with E-state index >= 15 is 0 Å². The molecule has 0 spiro atoms. The summed E-state index contributed by atoms with van der Waals surface area (Å²) >= 11 is 0. The van der Waals surface area contributed by atoms with Gasteiger partial charge in [0.15, 0.2) is 0 Å².